The van der Waals surface area contributed by atoms with Gasteiger partial charge in [0, 0.05) is 30.0 Å². The number of anilines is 2. The number of nitrogens with zero attached hydrogens (tertiary/aromatic N) is 1. The molecule has 0 heterocycles. The van der Waals surface area contributed by atoms with Crippen LogP contribution in [-0.4, -0.2) is 25.0 Å². The van der Waals surface area contributed by atoms with Gasteiger partial charge in [0.15, 0.2) is 0 Å². The first-order valence-electron chi connectivity index (χ1n) is 11.8. The molecule has 0 bridgehead atoms. The lowest BCUT2D eigenvalue weighted by atomic mass is 10.0. The van der Waals surface area contributed by atoms with Crippen molar-refractivity contribution in [3.05, 3.63) is 95.1 Å². The molecule has 0 fully saturated rings. The maximum Gasteiger partial charge on any atom is 0.416 e. The van der Waals surface area contributed by atoms with Gasteiger partial charge in [0.2, 0.25) is 0 Å². The fourth-order valence-electron chi connectivity index (χ4n) is 3.72. The zero-order valence-corrected chi connectivity index (χ0v) is 20.5. The Bertz CT molecular complexity index is 1190. The van der Waals surface area contributed by atoms with Gasteiger partial charge in [0.05, 0.1) is 5.56 Å². The van der Waals surface area contributed by atoms with E-state index >= 15 is 0 Å². The number of rotatable bonds is 8. The summed E-state index contributed by atoms with van der Waals surface area (Å²) in [5, 5.41) is 5.49. The zero-order chi connectivity index (χ0) is 26.3. The predicted octanol–water partition coefficient (Wildman–Crippen LogP) is 7.00. The number of nitrogens with one attached hydrogen (secondary N) is 2. The number of urea groups is 1. The number of carbonyl (C=O) groups excluding carboxylic acids is 2. The first-order chi connectivity index (χ1) is 17.1. The van der Waals surface area contributed by atoms with Gasteiger partial charge in [-0.05, 0) is 66.8 Å². The molecule has 0 aliphatic rings. The molecular weight excluding hydrogens is 467 g/mol. The molecule has 3 amide bonds. The second kappa shape index (κ2) is 11.7. The molecule has 0 saturated heterocycles. The van der Waals surface area contributed by atoms with Crippen molar-refractivity contribution in [2.24, 2.45) is 0 Å². The normalized spacial score (nSPS) is 11.3. The monoisotopic (exact) mass is 497 g/mol. The second-order valence-electron chi connectivity index (χ2n) is 8.83. The predicted molar refractivity (Wildman–Crippen MR) is 136 cm³/mol. The Balaban J connectivity index is 1.67. The summed E-state index contributed by atoms with van der Waals surface area (Å²) >= 11 is 0. The van der Waals surface area contributed by atoms with Gasteiger partial charge in [-0.15, -0.1) is 0 Å². The van der Waals surface area contributed by atoms with Crippen LogP contribution in [0.15, 0.2) is 72.8 Å². The van der Waals surface area contributed by atoms with Crippen LogP contribution in [0, 0.1) is 6.92 Å². The van der Waals surface area contributed by atoms with Crippen LogP contribution in [0.2, 0.25) is 0 Å². The number of aryl methyl sites for hydroxylation is 1. The lowest BCUT2D eigenvalue weighted by Crippen LogP contribution is -2.36. The highest BCUT2D eigenvalue weighted by atomic mass is 19.4. The van der Waals surface area contributed by atoms with Crippen molar-refractivity contribution in [2.45, 2.75) is 39.3 Å². The molecule has 0 saturated carbocycles. The third-order valence-corrected chi connectivity index (χ3v) is 5.79. The van der Waals surface area contributed by atoms with E-state index in [9.17, 15) is 22.8 Å². The van der Waals surface area contributed by atoms with Gasteiger partial charge in [0.1, 0.15) is 0 Å². The third kappa shape index (κ3) is 7.10. The number of alkyl halides is 3. The molecule has 8 heteroatoms. The smallest absolute Gasteiger partial charge is 0.338 e. The van der Waals surface area contributed by atoms with Gasteiger partial charge in [-0.25, -0.2) is 4.79 Å². The highest BCUT2D eigenvalue weighted by Gasteiger charge is 2.31. The standard InChI is InChI=1S/C28H30F3N3O2/c1-19(2)21-12-14-23(15-13-21)33-27(36)32-16-7-17-34(26(35)25-11-5-4-8-20(25)3)24-10-6-9-22(18-24)28(29,30)31/h4-6,8-15,18-19H,7,16-17H2,1-3H3,(H2,32,33,36). The maximum atomic E-state index is 13.3. The summed E-state index contributed by atoms with van der Waals surface area (Å²) in [6.45, 7) is 6.30. The number of hydrogen-bond donors (Lipinski definition) is 2. The lowest BCUT2D eigenvalue weighted by molar-refractivity contribution is -0.137. The van der Waals surface area contributed by atoms with Crippen molar-refractivity contribution in [3.8, 4) is 0 Å². The Kier molecular flexibility index (Phi) is 8.74. The Hall–Kier alpha value is -3.81. The zero-order valence-electron chi connectivity index (χ0n) is 20.5. The van der Waals surface area contributed by atoms with Crippen LogP contribution in [0.1, 0.15) is 53.2 Å². The molecule has 0 atom stereocenters. The largest absolute Gasteiger partial charge is 0.416 e. The van der Waals surface area contributed by atoms with Gasteiger partial charge in [-0.1, -0.05) is 50.2 Å². The quantitative estimate of drug-likeness (QED) is 0.329. The van der Waals surface area contributed by atoms with E-state index in [2.05, 4.69) is 24.5 Å². The first kappa shape index (κ1) is 26.8. The number of halogens is 3. The Morgan fingerprint density at radius 2 is 1.64 bits per heavy atom. The van der Waals surface area contributed by atoms with Crippen LogP contribution >= 0.6 is 0 Å². The van der Waals surface area contributed by atoms with Crippen molar-refractivity contribution < 1.29 is 22.8 Å². The molecule has 0 aliphatic heterocycles. The summed E-state index contributed by atoms with van der Waals surface area (Å²) in [5.74, 6) is -0.0165. The van der Waals surface area contributed by atoms with Crippen molar-refractivity contribution in [1.29, 1.82) is 0 Å². The van der Waals surface area contributed by atoms with Crippen LogP contribution in [-0.2, 0) is 6.18 Å². The molecule has 0 aromatic heterocycles. The summed E-state index contributed by atoms with van der Waals surface area (Å²) < 4.78 is 39.9. The van der Waals surface area contributed by atoms with E-state index in [1.54, 1.807) is 31.2 Å². The highest BCUT2D eigenvalue weighted by Crippen LogP contribution is 2.32. The van der Waals surface area contributed by atoms with Gasteiger partial charge in [-0.3, -0.25) is 4.79 Å². The van der Waals surface area contributed by atoms with E-state index in [4.69, 9.17) is 0 Å². The van der Waals surface area contributed by atoms with Crippen LogP contribution < -0.4 is 15.5 Å². The van der Waals surface area contributed by atoms with Crippen LogP contribution in [0.4, 0.5) is 29.3 Å². The highest BCUT2D eigenvalue weighted by molar-refractivity contribution is 6.07. The van der Waals surface area contributed by atoms with E-state index in [0.717, 1.165) is 23.3 Å². The van der Waals surface area contributed by atoms with Crippen molar-refractivity contribution in [2.75, 3.05) is 23.3 Å². The minimum absolute atomic E-state index is 0.123. The van der Waals surface area contributed by atoms with Crippen LogP contribution in [0.25, 0.3) is 0 Å². The van der Waals surface area contributed by atoms with Crippen molar-refractivity contribution in [3.63, 3.8) is 0 Å². The topological polar surface area (TPSA) is 61.4 Å². The summed E-state index contributed by atoms with van der Waals surface area (Å²) in [6, 6.07) is 18.8. The fraction of sp³-hybridized carbons (Fsp3) is 0.286. The fourth-order valence-corrected chi connectivity index (χ4v) is 3.72. The molecule has 0 aliphatic carbocycles. The molecule has 0 radical (unpaired) electrons. The minimum Gasteiger partial charge on any atom is -0.338 e. The SMILES string of the molecule is Cc1ccccc1C(=O)N(CCCNC(=O)Nc1ccc(C(C)C)cc1)c1cccc(C(F)(F)F)c1. The second-order valence-corrected chi connectivity index (χ2v) is 8.83. The molecule has 2 N–H and O–H groups in total. The van der Waals surface area contributed by atoms with E-state index < -0.39 is 23.7 Å². The van der Waals surface area contributed by atoms with Crippen LogP contribution in [0.5, 0.6) is 0 Å². The number of benzene rings is 3. The Morgan fingerprint density at radius 3 is 2.28 bits per heavy atom. The summed E-state index contributed by atoms with van der Waals surface area (Å²) in [7, 11) is 0. The number of hydrogen-bond acceptors (Lipinski definition) is 2. The van der Waals surface area contributed by atoms with Gasteiger partial charge < -0.3 is 15.5 Å². The summed E-state index contributed by atoms with van der Waals surface area (Å²) in [6.07, 6.45) is -4.19. The summed E-state index contributed by atoms with van der Waals surface area (Å²) in [5.41, 5.74) is 2.26. The molecule has 3 rings (SSSR count). The molecule has 3 aromatic rings. The van der Waals surface area contributed by atoms with E-state index in [1.807, 2.05) is 24.3 Å². The molecule has 36 heavy (non-hydrogen) atoms. The average Bonchev–Trinajstić information content (AvgIpc) is 2.84. The first-order valence-corrected chi connectivity index (χ1v) is 11.8. The van der Waals surface area contributed by atoms with Crippen molar-refractivity contribution >= 4 is 23.3 Å². The molecule has 0 unspecified atom stereocenters. The maximum absolute atomic E-state index is 13.3. The molecule has 3 aromatic carbocycles. The van der Waals surface area contributed by atoms with E-state index in [-0.39, 0.29) is 18.8 Å². The Morgan fingerprint density at radius 1 is 0.944 bits per heavy atom. The van der Waals surface area contributed by atoms with Gasteiger partial charge >= 0.3 is 12.2 Å². The van der Waals surface area contributed by atoms with E-state index in [0.29, 0.717) is 23.6 Å². The molecule has 5 nitrogen and oxygen atoms in total. The van der Waals surface area contributed by atoms with Crippen molar-refractivity contribution in [1.82, 2.24) is 5.32 Å². The molecule has 0 spiro atoms. The lowest BCUT2D eigenvalue weighted by Gasteiger charge is -2.25. The van der Waals surface area contributed by atoms with Gasteiger partial charge in [-0.2, -0.15) is 13.2 Å². The van der Waals surface area contributed by atoms with E-state index in [1.165, 1.54) is 17.0 Å². The van der Waals surface area contributed by atoms with Gasteiger partial charge in [0.25, 0.3) is 5.91 Å². The number of amides is 3. The third-order valence-electron chi connectivity index (χ3n) is 5.79. The molecular formula is C28H30F3N3O2. The van der Waals surface area contributed by atoms with Crippen LogP contribution in [0.3, 0.4) is 0 Å². The number of carbonyl (C=O) groups is 2. The Labute approximate surface area is 209 Å². The average molecular weight is 498 g/mol. The molecule has 190 valence electrons. The summed E-state index contributed by atoms with van der Waals surface area (Å²) in [4.78, 5) is 26.9. The minimum atomic E-state index is -4.53.